The summed E-state index contributed by atoms with van der Waals surface area (Å²) in [5.41, 5.74) is 2.85. The maximum absolute atomic E-state index is 13.4. The molecule has 206 valence electrons. The van der Waals surface area contributed by atoms with Crippen LogP contribution in [0, 0.1) is 0 Å². The highest BCUT2D eigenvalue weighted by atomic mass is 35.5. The fourth-order valence-electron chi connectivity index (χ4n) is 4.67. The summed E-state index contributed by atoms with van der Waals surface area (Å²) < 4.78 is 13.3. The minimum atomic E-state index is -0.368. The number of nitrogens with one attached hydrogen (secondary N) is 1. The van der Waals surface area contributed by atoms with Gasteiger partial charge in [-0.05, 0) is 56.2 Å². The molecule has 8 nitrogen and oxygen atoms in total. The first-order chi connectivity index (χ1) is 19.5. The Morgan fingerprint density at radius 3 is 2.62 bits per heavy atom. The van der Waals surface area contributed by atoms with Gasteiger partial charge in [0.25, 0.3) is 5.91 Å². The summed E-state index contributed by atoms with van der Waals surface area (Å²) in [6.45, 7) is 3.27. The van der Waals surface area contributed by atoms with Gasteiger partial charge >= 0.3 is 0 Å². The van der Waals surface area contributed by atoms with Crippen LogP contribution in [0.2, 0.25) is 5.02 Å². The van der Waals surface area contributed by atoms with Gasteiger partial charge in [-0.25, -0.2) is 4.98 Å². The molecule has 1 saturated heterocycles. The van der Waals surface area contributed by atoms with Crippen molar-refractivity contribution in [3.8, 4) is 22.7 Å². The number of anilines is 1. The van der Waals surface area contributed by atoms with E-state index in [2.05, 4.69) is 5.32 Å². The highest BCUT2D eigenvalue weighted by Gasteiger charge is 2.26. The molecule has 1 aromatic heterocycles. The molecule has 4 aromatic rings. The second-order valence-electron chi connectivity index (χ2n) is 9.49. The Morgan fingerprint density at radius 2 is 1.90 bits per heavy atom. The predicted molar refractivity (Wildman–Crippen MR) is 155 cm³/mol. The molecule has 0 radical (unpaired) electrons. The van der Waals surface area contributed by atoms with Crippen LogP contribution in [-0.2, 0) is 9.53 Å². The number of ether oxygens (including phenoxy) is 2. The summed E-state index contributed by atoms with van der Waals surface area (Å²) in [5, 5.41) is 3.47. The maximum atomic E-state index is 13.4. The van der Waals surface area contributed by atoms with E-state index in [9.17, 15) is 9.59 Å². The number of amides is 2. The van der Waals surface area contributed by atoms with Crippen LogP contribution in [0.4, 0.5) is 5.95 Å². The lowest BCUT2D eigenvalue weighted by Crippen LogP contribution is -2.42. The van der Waals surface area contributed by atoms with Gasteiger partial charge in [0.1, 0.15) is 12.3 Å². The molecule has 1 N–H and O–H groups in total. The largest absolute Gasteiger partial charge is 0.494 e. The Balaban J connectivity index is 1.42. The van der Waals surface area contributed by atoms with Gasteiger partial charge in [0, 0.05) is 41.6 Å². The quantitative estimate of drug-likeness (QED) is 0.264. The first-order valence-corrected chi connectivity index (χ1v) is 13.7. The standard InChI is InChI=1S/C31H31ClN4O4/c1-2-39-26-11-6-10-25(18-26)36-20-28(22-8-4-3-5-9-22)33-31(36)34-29(37)21-35(19-27-12-7-17-40-27)30(38)23-13-15-24(32)16-14-23/h3-6,8-11,13-16,18,20,27H,2,7,12,17,19,21H2,1H3,(H,33,34,37). The van der Waals surface area contributed by atoms with Gasteiger partial charge in [0.15, 0.2) is 0 Å². The summed E-state index contributed by atoms with van der Waals surface area (Å²) in [7, 11) is 0. The number of hydrogen-bond donors (Lipinski definition) is 1. The van der Waals surface area contributed by atoms with E-state index in [0.29, 0.717) is 47.7 Å². The maximum Gasteiger partial charge on any atom is 0.254 e. The molecule has 2 amide bonds. The Hall–Kier alpha value is -4.14. The van der Waals surface area contributed by atoms with E-state index in [-0.39, 0.29) is 24.5 Å². The molecule has 0 spiro atoms. The van der Waals surface area contributed by atoms with Crippen molar-refractivity contribution < 1.29 is 19.1 Å². The summed E-state index contributed by atoms with van der Waals surface area (Å²) in [5.74, 6) is 0.421. The van der Waals surface area contributed by atoms with E-state index in [1.54, 1.807) is 24.3 Å². The fourth-order valence-corrected chi connectivity index (χ4v) is 4.80. The number of benzene rings is 3. The van der Waals surface area contributed by atoms with Crippen LogP contribution in [0.1, 0.15) is 30.1 Å². The van der Waals surface area contributed by atoms with Gasteiger partial charge in [-0.2, -0.15) is 0 Å². The van der Waals surface area contributed by atoms with Crippen molar-refractivity contribution >= 4 is 29.4 Å². The second kappa shape index (κ2) is 12.8. The molecule has 5 rings (SSSR count). The summed E-state index contributed by atoms with van der Waals surface area (Å²) >= 11 is 6.02. The van der Waals surface area contributed by atoms with E-state index < -0.39 is 0 Å². The number of nitrogens with zero attached hydrogens (tertiary/aromatic N) is 3. The van der Waals surface area contributed by atoms with Crippen molar-refractivity contribution in [1.82, 2.24) is 14.5 Å². The number of imidazole rings is 1. The van der Waals surface area contributed by atoms with Crippen molar-refractivity contribution in [3.63, 3.8) is 0 Å². The van der Waals surface area contributed by atoms with Gasteiger partial charge in [-0.3, -0.25) is 19.5 Å². The average Bonchev–Trinajstić information content (AvgIpc) is 3.64. The second-order valence-corrected chi connectivity index (χ2v) is 9.93. The first kappa shape index (κ1) is 27.4. The Kier molecular flexibility index (Phi) is 8.78. The first-order valence-electron chi connectivity index (χ1n) is 13.3. The highest BCUT2D eigenvalue weighted by Crippen LogP contribution is 2.26. The van der Waals surface area contributed by atoms with Gasteiger partial charge in [0.05, 0.1) is 24.1 Å². The van der Waals surface area contributed by atoms with E-state index in [0.717, 1.165) is 24.1 Å². The minimum Gasteiger partial charge on any atom is -0.494 e. The number of halogens is 1. The third-order valence-corrected chi connectivity index (χ3v) is 6.85. The molecule has 2 heterocycles. The fraction of sp³-hybridized carbons (Fsp3) is 0.258. The molecule has 3 aromatic carbocycles. The predicted octanol–water partition coefficient (Wildman–Crippen LogP) is 5.85. The van der Waals surface area contributed by atoms with Gasteiger partial charge in [0.2, 0.25) is 11.9 Å². The van der Waals surface area contributed by atoms with Gasteiger partial charge in [-0.15, -0.1) is 0 Å². The van der Waals surface area contributed by atoms with Crippen LogP contribution in [0.15, 0.2) is 85.1 Å². The highest BCUT2D eigenvalue weighted by molar-refractivity contribution is 6.30. The molecule has 1 unspecified atom stereocenters. The summed E-state index contributed by atoms with van der Waals surface area (Å²) in [6, 6.07) is 24.0. The van der Waals surface area contributed by atoms with Gasteiger partial charge in [-0.1, -0.05) is 48.0 Å². The normalized spacial score (nSPS) is 14.6. The monoisotopic (exact) mass is 558 g/mol. The molecule has 0 bridgehead atoms. The Bertz CT molecular complexity index is 1450. The SMILES string of the molecule is CCOc1cccc(-n2cc(-c3ccccc3)nc2NC(=O)CN(CC2CCCO2)C(=O)c2ccc(Cl)cc2)c1. The van der Waals surface area contributed by atoms with E-state index in [4.69, 9.17) is 26.1 Å². The zero-order valence-corrected chi connectivity index (χ0v) is 23.0. The molecule has 1 aliphatic rings. The van der Waals surface area contributed by atoms with Crippen LogP contribution in [0.5, 0.6) is 5.75 Å². The van der Waals surface area contributed by atoms with Crippen LogP contribution < -0.4 is 10.1 Å². The lowest BCUT2D eigenvalue weighted by atomic mass is 10.1. The van der Waals surface area contributed by atoms with Gasteiger partial charge < -0.3 is 14.4 Å². The molecule has 1 atom stereocenters. The lowest BCUT2D eigenvalue weighted by Gasteiger charge is -2.25. The lowest BCUT2D eigenvalue weighted by molar-refractivity contribution is -0.117. The Labute approximate surface area is 238 Å². The number of carbonyl (C=O) groups excluding carboxylic acids is 2. The van der Waals surface area contributed by atoms with Crippen LogP contribution in [-0.4, -0.2) is 58.7 Å². The molecule has 1 aliphatic heterocycles. The number of rotatable bonds is 10. The molecule has 1 fully saturated rings. The molecule has 40 heavy (non-hydrogen) atoms. The molecule has 0 saturated carbocycles. The third-order valence-electron chi connectivity index (χ3n) is 6.59. The van der Waals surface area contributed by atoms with Crippen LogP contribution in [0.25, 0.3) is 16.9 Å². The molecular weight excluding hydrogens is 528 g/mol. The van der Waals surface area contributed by atoms with Crippen molar-refractivity contribution in [3.05, 3.63) is 95.6 Å². The number of hydrogen-bond acceptors (Lipinski definition) is 5. The zero-order chi connectivity index (χ0) is 27.9. The number of aromatic nitrogens is 2. The summed E-state index contributed by atoms with van der Waals surface area (Å²) in [6.07, 6.45) is 3.53. The van der Waals surface area contributed by atoms with E-state index in [1.807, 2.05) is 72.3 Å². The smallest absolute Gasteiger partial charge is 0.254 e. The van der Waals surface area contributed by atoms with E-state index >= 15 is 0 Å². The minimum absolute atomic E-state index is 0.114. The van der Waals surface area contributed by atoms with Crippen molar-refractivity contribution in [2.24, 2.45) is 0 Å². The zero-order valence-electron chi connectivity index (χ0n) is 22.3. The third kappa shape index (κ3) is 6.70. The van der Waals surface area contributed by atoms with Crippen LogP contribution in [0.3, 0.4) is 0 Å². The van der Waals surface area contributed by atoms with Crippen molar-refractivity contribution in [1.29, 1.82) is 0 Å². The molecular formula is C31H31ClN4O4. The number of carbonyl (C=O) groups is 2. The average molecular weight is 559 g/mol. The van der Waals surface area contributed by atoms with E-state index in [1.165, 1.54) is 4.90 Å². The molecule has 9 heteroatoms. The van der Waals surface area contributed by atoms with Crippen molar-refractivity contribution in [2.45, 2.75) is 25.9 Å². The van der Waals surface area contributed by atoms with Crippen LogP contribution >= 0.6 is 11.6 Å². The Morgan fingerprint density at radius 1 is 1.10 bits per heavy atom. The summed E-state index contributed by atoms with van der Waals surface area (Å²) in [4.78, 5) is 33.1. The topological polar surface area (TPSA) is 85.7 Å². The molecule has 0 aliphatic carbocycles. The van der Waals surface area contributed by atoms with Crippen molar-refractivity contribution in [2.75, 3.05) is 31.6 Å².